The quantitative estimate of drug-likeness (QED) is 0.586. The monoisotopic (exact) mass is 228 g/mol. The summed E-state index contributed by atoms with van der Waals surface area (Å²) in [7, 11) is 0. The van der Waals surface area contributed by atoms with E-state index in [-0.39, 0.29) is 5.41 Å². The van der Waals surface area contributed by atoms with Gasteiger partial charge in [0.15, 0.2) is 0 Å². The Morgan fingerprint density at radius 1 is 1.00 bits per heavy atom. The summed E-state index contributed by atoms with van der Waals surface area (Å²) in [6, 6.07) is 0. The van der Waals surface area contributed by atoms with E-state index in [0.29, 0.717) is 5.41 Å². The van der Waals surface area contributed by atoms with Crippen LogP contribution in [0.25, 0.3) is 0 Å². The third kappa shape index (κ3) is 13.5. The van der Waals surface area contributed by atoms with E-state index in [0.717, 1.165) is 12.4 Å². The second-order valence-electron chi connectivity index (χ2n) is 6.42. The summed E-state index contributed by atoms with van der Waals surface area (Å²) in [5, 5.41) is 0. The molecule has 0 bridgehead atoms. The first-order valence-electron chi connectivity index (χ1n) is 6.36. The second-order valence-corrected chi connectivity index (χ2v) is 6.42. The third-order valence-corrected chi connectivity index (χ3v) is 2.16. The van der Waals surface area contributed by atoms with Crippen LogP contribution in [0.5, 0.6) is 0 Å². The Balaban J connectivity index is 0. The zero-order valence-corrected chi connectivity index (χ0v) is 12.7. The molecule has 16 heavy (non-hydrogen) atoms. The molecule has 0 N–H and O–H groups in total. The summed E-state index contributed by atoms with van der Waals surface area (Å²) in [6.07, 6.45) is 2.65. The molecule has 0 saturated carbocycles. The molecule has 0 fully saturated rings. The van der Waals surface area contributed by atoms with Gasteiger partial charge >= 0.3 is 0 Å². The average Bonchev–Trinajstić information content (AvgIpc) is 2.01. The van der Waals surface area contributed by atoms with Crippen molar-refractivity contribution in [2.45, 2.75) is 68.2 Å². The largest absolute Gasteiger partial charge is 0.498 e. The lowest BCUT2D eigenvalue weighted by atomic mass is 9.91. The van der Waals surface area contributed by atoms with E-state index in [2.05, 4.69) is 55.0 Å². The molecule has 0 aliphatic rings. The predicted octanol–water partition coefficient (Wildman–Crippen LogP) is 5.42. The van der Waals surface area contributed by atoms with Crippen LogP contribution in [-0.4, -0.2) is 6.61 Å². The maximum atomic E-state index is 5.21. The maximum absolute atomic E-state index is 5.21. The molecular weight excluding hydrogens is 196 g/mol. The molecule has 0 amide bonds. The van der Waals surface area contributed by atoms with E-state index in [9.17, 15) is 0 Å². The van der Waals surface area contributed by atoms with Crippen LogP contribution >= 0.6 is 0 Å². The van der Waals surface area contributed by atoms with Gasteiger partial charge in [-0.05, 0) is 18.8 Å². The van der Waals surface area contributed by atoms with Crippen molar-refractivity contribution >= 4 is 0 Å². The number of allylic oxidation sites excluding steroid dienone is 1. The van der Waals surface area contributed by atoms with E-state index in [1.165, 1.54) is 12.8 Å². The van der Waals surface area contributed by atoms with Crippen molar-refractivity contribution in [1.29, 1.82) is 0 Å². The van der Waals surface area contributed by atoms with Crippen LogP contribution in [0.4, 0.5) is 0 Å². The van der Waals surface area contributed by atoms with Crippen molar-refractivity contribution in [2.24, 2.45) is 10.8 Å². The first-order chi connectivity index (χ1) is 7.04. The summed E-state index contributed by atoms with van der Waals surface area (Å²) in [6.45, 7) is 21.8. The molecule has 0 unspecified atom stereocenters. The fraction of sp³-hybridized carbons (Fsp3) is 0.867. The van der Waals surface area contributed by atoms with Gasteiger partial charge in [-0.3, -0.25) is 0 Å². The Hall–Kier alpha value is -0.460. The maximum Gasteiger partial charge on any atom is 0.0941 e. The van der Waals surface area contributed by atoms with Gasteiger partial charge in [-0.2, -0.15) is 0 Å². The lowest BCUT2D eigenvalue weighted by Gasteiger charge is -2.20. The molecule has 98 valence electrons. The normalized spacial score (nSPS) is 11.5. The summed E-state index contributed by atoms with van der Waals surface area (Å²) in [5.74, 6) is 0.866. The Morgan fingerprint density at radius 3 is 1.50 bits per heavy atom. The van der Waals surface area contributed by atoms with Gasteiger partial charge < -0.3 is 4.74 Å². The van der Waals surface area contributed by atoms with Crippen LogP contribution in [0, 0.1) is 10.8 Å². The van der Waals surface area contributed by atoms with Gasteiger partial charge in [-0.25, -0.2) is 0 Å². The molecule has 0 heterocycles. The highest BCUT2D eigenvalue weighted by Crippen LogP contribution is 2.23. The van der Waals surface area contributed by atoms with Gasteiger partial charge in [0.1, 0.15) is 0 Å². The molecule has 0 aromatic heterocycles. The Bertz CT molecular complexity index is 179. The van der Waals surface area contributed by atoms with E-state index < -0.39 is 0 Å². The molecule has 0 saturated heterocycles. The van der Waals surface area contributed by atoms with Gasteiger partial charge in [-0.1, -0.05) is 61.5 Å². The van der Waals surface area contributed by atoms with Crippen LogP contribution in [0.15, 0.2) is 12.3 Å². The molecule has 0 rings (SSSR count). The van der Waals surface area contributed by atoms with E-state index >= 15 is 0 Å². The summed E-state index contributed by atoms with van der Waals surface area (Å²) in [5.41, 5.74) is 0.644. The average molecular weight is 228 g/mol. The lowest BCUT2D eigenvalue weighted by molar-refractivity contribution is 0.165. The molecule has 0 aromatic carbocycles. The predicted molar refractivity (Wildman–Crippen MR) is 74.6 cm³/mol. The van der Waals surface area contributed by atoms with E-state index in [4.69, 9.17) is 4.74 Å². The van der Waals surface area contributed by atoms with Crippen molar-refractivity contribution in [3.63, 3.8) is 0 Å². The van der Waals surface area contributed by atoms with Gasteiger partial charge in [0.2, 0.25) is 0 Å². The van der Waals surface area contributed by atoms with Crippen molar-refractivity contribution in [2.75, 3.05) is 6.61 Å². The van der Waals surface area contributed by atoms with Crippen molar-refractivity contribution in [3.05, 3.63) is 12.3 Å². The van der Waals surface area contributed by atoms with Crippen LogP contribution < -0.4 is 0 Å². The summed E-state index contributed by atoms with van der Waals surface area (Å²) >= 11 is 0. The van der Waals surface area contributed by atoms with Crippen molar-refractivity contribution in [1.82, 2.24) is 0 Å². The molecule has 0 radical (unpaired) electrons. The minimum absolute atomic E-state index is 0.0933. The van der Waals surface area contributed by atoms with Gasteiger partial charge in [0.25, 0.3) is 0 Å². The molecule has 1 heteroatoms. The molecule has 0 aromatic rings. The zero-order valence-electron chi connectivity index (χ0n) is 12.7. The van der Waals surface area contributed by atoms with Crippen LogP contribution in [0.2, 0.25) is 0 Å². The Morgan fingerprint density at radius 2 is 1.44 bits per heavy atom. The number of rotatable bonds is 3. The van der Waals surface area contributed by atoms with E-state index in [1.54, 1.807) is 0 Å². The van der Waals surface area contributed by atoms with Gasteiger partial charge in [0, 0.05) is 5.41 Å². The first kappa shape index (κ1) is 17.9. The highest BCUT2D eigenvalue weighted by molar-refractivity contribution is 4.95. The first-order valence-corrected chi connectivity index (χ1v) is 6.36. The minimum atomic E-state index is 0.0933. The summed E-state index contributed by atoms with van der Waals surface area (Å²) < 4.78 is 5.21. The third-order valence-electron chi connectivity index (χ3n) is 2.16. The number of hydrogen-bond acceptors (Lipinski definition) is 1. The lowest BCUT2D eigenvalue weighted by Crippen LogP contribution is -2.10. The Kier molecular flexibility index (Phi) is 8.69. The SMILES string of the molecule is C=C(OCC)C(C)(C)C.CCCC(C)(C)C. The molecule has 0 spiro atoms. The van der Waals surface area contributed by atoms with Gasteiger partial charge in [0.05, 0.1) is 12.4 Å². The molecule has 0 aliphatic carbocycles. The fourth-order valence-electron chi connectivity index (χ4n) is 1.14. The van der Waals surface area contributed by atoms with E-state index in [1.807, 2.05) is 6.92 Å². The van der Waals surface area contributed by atoms with Crippen molar-refractivity contribution in [3.8, 4) is 0 Å². The molecule has 0 atom stereocenters. The standard InChI is InChI=1S/C8H16O.C7H16/c1-6-9-7(2)8(3,4)5;1-5-6-7(2,3)4/h2,6H2,1,3-5H3;5-6H2,1-4H3. The topological polar surface area (TPSA) is 9.23 Å². The molecule has 1 nitrogen and oxygen atoms in total. The zero-order chi connectivity index (χ0) is 13.4. The van der Waals surface area contributed by atoms with Crippen LogP contribution in [-0.2, 0) is 4.74 Å². The van der Waals surface area contributed by atoms with Crippen LogP contribution in [0.3, 0.4) is 0 Å². The number of hydrogen-bond donors (Lipinski definition) is 0. The second kappa shape index (κ2) is 7.76. The Labute approximate surface area is 103 Å². The number of ether oxygens (including phenoxy) is 1. The minimum Gasteiger partial charge on any atom is -0.498 e. The molecule has 0 aliphatic heterocycles. The smallest absolute Gasteiger partial charge is 0.0941 e. The van der Waals surface area contributed by atoms with Crippen LogP contribution in [0.1, 0.15) is 68.2 Å². The fourth-order valence-corrected chi connectivity index (χ4v) is 1.14. The van der Waals surface area contributed by atoms with Crippen molar-refractivity contribution < 1.29 is 4.74 Å². The highest BCUT2D eigenvalue weighted by atomic mass is 16.5. The van der Waals surface area contributed by atoms with Gasteiger partial charge in [-0.15, -0.1) is 0 Å². The highest BCUT2D eigenvalue weighted by Gasteiger charge is 2.15. The molecular formula is C15H32O. The summed E-state index contributed by atoms with van der Waals surface area (Å²) in [4.78, 5) is 0.